The summed E-state index contributed by atoms with van der Waals surface area (Å²) in [5.41, 5.74) is 1.68. The van der Waals surface area contributed by atoms with Gasteiger partial charge in [-0.1, -0.05) is 28.9 Å². The molecule has 0 spiro atoms. The van der Waals surface area contributed by atoms with Crippen molar-refractivity contribution in [2.75, 3.05) is 5.32 Å². The maximum absolute atomic E-state index is 12.2. The molecule has 1 aromatic heterocycles. The molecule has 0 bridgehead atoms. The molecule has 0 saturated carbocycles. The number of rotatable bonds is 3. The van der Waals surface area contributed by atoms with Crippen molar-refractivity contribution >= 4 is 38.5 Å². The Kier molecular flexibility index (Phi) is 4.08. The Morgan fingerprint density at radius 1 is 1.50 bits per heavy atom. The van der Waals surface area contributed by atoms with Crippen LogP contribution >= 0.6 is 27.5 Å². The number of hydrogen-bond donors (Lipinski definition) is 1. The van der Waals surface area contributed by atoms with Crippen molar-refractivity contribution in [3.8, 4) is 0 Å². The van der Waals surface area contributed by atoms with Crippen LogP contribution in [-0.4, -0.2) is 15.3 Å². The molecule has 0 fully saturated rings. The molecule has 0 atom stereocenters. The van der Waals surface area contributed by atoms with E-state index in [9.17, 15) is 4.79 Å². The van der Waals surface area contributed by atoms with Gasteiger partial charge in [-0.15, -0.1) is 0 Å². The summed E-state index contributed by atoms with van der Waals surface area (Å²) in [5.74, 6) is 0.518. The molecule has 2 rings (SSSR count). The van der Waals surface area contributed by atoms with Crippen LogP contribution in [0.25, 0.3) is 0 Å². The molecule has 1 heterocycles. The molecule has 0 aliphatic rings. The van der Waals surface area contributed by atoms with Crippen molar-refractivity contribution in [2.24, 2.45) is 0 Å². The number of nitrogens with one attached hydrogen (secondary N) is 1. The zero-order chi connectivity index (χ0) is 13.1. The fraction of sp³-hybridized carbons (Fsp3) is 0.250. The zero-order valence-corrected chi connectivity index (χ0v) is 12.4. The number of aromatic nitrogens is 2. The molecule has 0 saturated heterocycles. The molecule has 0 radical (unpaired) electrons. The number of amides is 1. The van der Waals surface area contributed by atoms with Crippen LogP contribution in [0.4, 0.5) is 5.13 Å². The lowest BCUT2D eigenvalue weighted by Crippen LogP contribution is -2.14. The number of hydrogen-bond acceptors (Lipinski definition) is 4. The number of benzene rings is 1. The molecular formula is C12H12BrN3OS. The Morgan fingerprint density at radius 2 is 2.28 bits per heavy atom. The maximum atomic E-state index is 12.2. The fourth-order valence-electron chi connectivity index (χ4n) is 1.58. The SMILES string of the molecule is CCc1ccc(Br)cc1C(=O)Nc1nc(C)ns1. The number of carbonyl (C=O) groups excluding carboxylic acids is 1. The number of nitrogens with zero attached hydrogens (tertiary/aromatic N) is 2. The number of aryl methyl sites for hydroxylation is 2. The van der Waals surface area contributed by atoms with E-state index in [0.29, 0.717) is 16.5 Å². The second kappa shape index (κ2) is 5.58. The van der Waals surface area contributed by atoms with E-state index in [-0.39, 0.29) is 5.91 Å². The van der Waals surface area contributed by atoms with Crippen LogP contribution in [0.3, 0.4) is 0 Å². The van der Waals surface area contributed by atoms with E-state index in [4.69, 9.17) is 0 Å². The second-order valence-electron chi connectivity index (χ2n) is 3.76. The van der Waals surface area contributed by atoms with Crippen LogP contribution < -0.4 is 5.32 Å². The molecule has 0 unspecified atom stereocenters. The highest BCUT2D eigenvalue weighted by atomic mass is 79.9. The van der Waals surface area contributed by atoms with Gasteiger partial charge < -0.3 is 0 Å². The first kappa shape index (κ1) is 13.2. The summed E-state index contributed by atoms with van der Waals surface area (Å²) < 4.78 is 4.92. The Morgan fingerprint density at radius 3 is 2.89 bits per heavy atom. The van der Waals surface area contributed by atoms with Crippen molar-refractivity contribution in [2.45, 2.75) is 20.3 Å². The van der Waals surface area contributed by atoms with E-state index in [0.717, 1.165) is 16.5 Å². The van der Waals surface area contributed by atoms with Gasteiger partial charge in [-0.3, -0.25) is 10.1 Å². The van der Waals surface area contributed by atoms with Gasteiger partial charge in [0.1, 0.15) is 5.82 Å². The topological polar surface area (TPSA) is 54.9 Å². The first-order valence-electron chi connectivity index (χ1n) is 5.50. The third kappa shape index (κ3) is 2.94. The van der Waals surface area contributed by atoms with Gasteiger partial charge in [0.25, 0.3) is 5.91 Å². The number of halogens is 1. The van der Waals surface area contributed by atoms with E-state index < -0.39 is 0 Å². The Labute approximate surface area is 118 Å². The van der Waals surface area contributed by atoms with Crippen molar-refractivity contribution in [1.29, 1.82) is 0 Å². The second-order valence-corrected chi connectivity index (χ2v) is 5.42. The first-order valence-corrected chi connectivity index (χ1v) is 7.07. The van der Waals surface area contributed by atoms with Crippen LogP contribution in [0.1, 0.15) is 28.7 Å². The molecule has 2 aromatic rings. The van der Waals surface area contributed by atoms with Gasteiger partial charge in [0.15, 0.2) is 0 Å². The molecule has 1 N–H and O–H groups in total. The molecule has 4 nitrogen and oxygen atoms in total. The van der Waals surface area contributed by atoms with Crippen LogP contribution in [0.2, 0.25) is 0 Å². The minimum atomic E-state index is -0.149. The molecule has 0 aliphatic heterocycles. The average molecular weight is 326 g/mol. The van der Waals surface area contributed by atoms with E-state index in [1.807, 2.05) is 25.1 Å². The highest BCUT2D eigenvalue weighted by Crippen LogP contribution is 2.19. The highest BCUT2D eigenvalue weighted by Gasteiger charge is 2.13. The minimum Gasteiger partial charge on any atom is -0.297 e. The summed E-state index contributed by atoms with van der Waals surface area (Å²) in [4.78, 5) is 16.3. The van der Waals surface area contributed by atoms with E-state index in [2.05, 4.69) is 30.6 Å². The third-order valence-corrected chi connectivity index (χ3v) is 3.66. The highest BCUT2D eigenvalue weighted by molar-refractivity contribution is 9.10. The summed E-state index contributed by atoms with van der Waals surface area (Å²) in [7, 11) is 0. The van der Waals surface area contributed by atoms with E-state index in [1.165, 1.54) is 11.5 Å². The van der Waals surface area contributed by atoms with Gasteiger partial charge in [0.05, 0.1) is 0 Å². The summed E-state index contributed by atoms with van der Waals surface area (Å²) in [6, 6.07) is 5.71. The van der Waals surface area contributed by atoms with Crippen LogP contribution in [0.15, 0.2) is 22.7 Å². The summed E-state index contributed by atoms with van der Waals surface area (Å²) in [6.45, 7) is 3.82. The van der Waals surface area contributed by atoms with Gasteiger partial charge >= 0.3 is 0 Å². The molecule has 18 heavy (non-hydrogen) atoms. The maximum Gasteiger partial charge on any atom is 0.257 e. The first-order chi connectivity index (χ1) is 8.60. The van der Waals surface area contributed by atoms with Crippen LogP contribution in [0.5, 0.6) is 0 Å². The van der Waals surface area contributed by atoms with Crippen molar-refractivity contribution in [1.82, 2.24) is 9.36 Å². The Balaban J connectivity index is 2.25. The Bertz CT molecular complexity index is 582. The van der Waals surface area contributed by atoms with Crippen LogP contribution in [0, 0.1) is 6.92 Å². The Hall–Kier alpha value is -1.27. The monoisotopic (exact) mass is 325 g/mol. The zero-order valence-electron chi connectivity index (χ0n) is 10.0. The smallest absolute Gasteiger partial charge is 0.257 e. The third-order valence-electron chi connectivity index (χ3n) is 2.45. The van der Waals surface area contributed by atoms with Crippen molar-refractivity contribution in [3.05, 3.63) is 39.6 Å². The molecule has 6 heteroatoms. The van der Waals surface area contributed by atoms with Crippen LogP contribution in [-0.2, 0) is 6.42 Å². The summed E-state index contributed by atoms with van der Waals surface area (Å²) in [6.07, 6.45) is 0.811. The molecular weight excluding hydrogens is 314 g/mol. The van der Waals surface area contributed by atoms with Gasteiger partial charge in [-0.2, -0.15) is 4.37 Å². The minimum absolute atomic E-state index is 0.149. The molecule has 94 valence electrons. The lowest BCUT2D eigenvalue weighted by atomic mass is 10.1. The van der Waals surface area contributed by atoms with Gasteiger partial charge in [-0.05, 0) is 31.0 Å². The molecule has 1 amide bonds. The lowest BCUT2D eigenvalue weighted by Gasteiger charge is -2.07. The summed E-state index contributed by atoms with van der Waals surface area (Å²) >= 11 is 4.56. The standard InChI is InChI=1S/C12H12BrN3OS/c1-3-8-4-5-9(13)6-10(8)11(17)15-12-14-7(2)16-18-12/h4-6H,3H2,1-2H3,(H,14,15,16,17). The molecule has 1 aromatic carbocycles. The van der Waals surface area contributed by atoms with Gasteiger partial charge in [0.2, 0.25) is 5.13 Å². The molecule has 0 aliphatic carbocycles. The van der Waals surface area contributed by atoms with Crippen molar-refractivity contribution in [3.63, 3.8) is 0 Å². The average Bonchev–Trinajstić information content (AvgIpc) is 2.74. The fourth-order valence-corrected chi connectivity index (χ4v) is 2.51. The van der Waals surface area contributed by atoms with Gasteiger partial charge in [0, 0.05) is 21.6 Å². The normalized spacial score (nSPS) is 10.4. The number of anilines is 1. The summed E-state index contributed by atoms with van der Waals surface area (Å²) in [5, 5.41) is 3.29. The van der Waals surface area contributed by atoms with Crippen molar-refractivity contribution < 1.29 is 4.79 Å². The number of carbonyl (C=O) groups is 1. The lowest BCUT2D eigenvalue weighted by molar-refractivity contribution is 0.102. The van der Waals surface area contributed by atoms with E-state index >= 15 is 0 Å². The predicted molar refractivity (Wildman–Crippen MR) is 76.1 cm³/mol. The largest absolute Gasteiger partial charge is 0.297 e. The van der Waals surface area contributed by atoms with E-state index in [1.54, 1.807) is 6.92 Å². The predicted octanol–water partition coefficient (Wildman–Crippen LogP) is 3.42. The van der Waals surface area contributed by atoms with Gasteiger partial charge in [-0.25, -0.2) is 4.98 Å². The quantitative estimate of drug-likeness (QED) is 0.940.